The molecule has 0 aliphatic carbocycles. The van der Waals surface area contributed by atoms with Crippen LogP contribution in [0, 0.1) is 6.92 Å². The van der Waals surface area contributed by atoms with Crippen LogP contribution < -0.4 is 20.9 Å². The number of rotatable bonds is 5. The van der Waals surface area contributed by atoms with Crippen LogP contribution in [0.2, 0.25) is 5.02 Å². The molecule has 0 spiro atoms. The molecule has 3 N–H and O–H groups in total. The van der Waals surface area contributed by atoms with Gasteiger partial charge in [-0.25, -0.2) is 10.2 Å². The Morgan fingerprint density at radius 3 is 2.58 bits per heavy atom. The smallest absolute Gasteiger partial charge is 0.337 e. The fourth-order valence-electron chi connectivity index (χ4n) is 2.28. The second-order valence-electron chi connectivity index (χ2n) is 6.12. The monoisotopic (exact) mass is 375 g/mol. The van der Waals surface area contributed by atoms with Gasteiger partial charge in [0, 0.05) is 10.7 Å². The van der Waals surface area contributed by atoms with Crippen LogP contribution in [-0.2, 0) is 4.79 Å². The van der Waals surface area contributed by atoms with Gasteiger partial charge in [-0.1, -0.05) is 43.6 Å². The SMILES string of the molecule is Cc1ccc(C(C)C)c(OCC(=O)NNC(=O)Nc2cccc(Cl)c2)c1. The maximum atomic E-state index is 11.9. The van der Waals surface area contributed by atoms with E-state index >= 15 is 0 Å². The van der Waals surface area contributed by atoms with Crippen molar-refractivity contribution in [3.63, 3.8) is 0 Å². The lowest BCUT2D eigenvalue weighted by Gasteiger charge is -2.15. The van der Waals surface area contributed by atoms with E-state index in [1.807, 2.05) is 25.1 Å². The van der Waals surface area contributed by atoms with E-state index in [1.165, 1.54) is 0 Å². The standard InChI is InChI=1S/C19H22ClN3O3/c1-12(2)16-8-7-13(3)9-17(16)26-11-18(24)22-23-19(25)21-15-6-4-5-14(20)10-15/h4-10,12H,11H2,1-3H3,(H,22,24)(H2,21,23,25). The molecule has 6 nitrogen and oxygen atoms in total. The van der Waals surface area contributed by atoms with Crippen molar-refractivity contribution < 1.29 is 14.3 Å². The Labute approximate surface area is 157 Å². The molecule has 26 heavy (non-hydrogen) atoms. The normalized spacial score (nSPS) is 10.3. The van der Waals surface area contributed by atoms with Gasteiger partial charge < -0.3 is 10.1 Å². The van der Waals surface area contributed by atoms with Gasteiger partial charge >= 0.3 is 6.03 Å². The minimum atomic E-state index is -0.584. The molecule has 0 heterocycles. The van der Waals surface area contributed by atoms with E-state index in [4.69, 9.17) is 16.3 Å². The van der Waals surface area contributed by atoms with Gasteiger partial charge in [0.25, 0.3) is 5.91 Å². The molecular weight excluding hydrogens is 354 g/mol. The van der Waals surface area contributed by atoms with Gasteiger partial charge in [0.05, 0.1) is 0 Å². The van der Waals surface area contributed by atoms with Crippen molar-refractivity contribution in [2.24, 2.45) is 0 Å². The Kier molecular flexibility index (Phi) is 6.86. The first kappa shape index (κ1) is 19.6. The maximum absolute atomic E-state index is 11.9. The molecule has 2 rings (SSSR count). The van der Waals surface area contributed by atoms with E-state index in [-0.39, 0.29) is 12.5 Å². The summed E-state index contributed by atoms with van der Waals surface area (Å²) in [4.78, 5) is 23.7. The predicted octanol–water partition coefficient (Wildman–Crippen LogP) is 4.00. The van der Waals surface area contributed by atoms with Gasteiger partial charge in [-0.3, -0.25) is 10.2 Å². The number of aryl methyl sites for hydroxylation is 1. The Balaban J connectivity index is 1.82. The van der Waals surface area contributed by atoms with E-state index in [2.05, 4.69) is 30.0 Å². The van der Waals surface area contributed by atoms with Crippen molar-refractivity contribution in [2.45, 2.75) is 26.7 Å². The maximum Gasteiger partial charge on any atom is 0.337 e. The van der Waals surface area contributed by atoms with E-state index < -0.39 is 11.9 Å². The van der Waals surface area contributed by atoms with Crippen molar-refractivity contribution in [3.8, 4) is 5.75 Å². The topological polar surface area (TPSA) is 79.5 Å². The van der Waals surface area contributed by atoms with E-state index in [0.717, 1.165) is 11.1 Å². The van der Waals surface area contributed by atoms with Gasteiger partial charge in [-0.05, 0) is 48.2 Å². The third-order valence-electron chi connectivity index (χ3n) is 3.55. The quantitative estimate of drug-likeness (QED) is 0.691. The molecule has 0 bridgehead atoms. The predicted molar refractivity (Wildman–Crippen MR) is 103 cm³/mol. The van der Waals surface area contributed by atoms with Crippen LogP contribution in [0.5, 0.6) is 5.75 Å². The molecule has 0 aromatic heterocycles. The van der Waals surface area contributed by atoms with Crippen LogP contribution in [0.4, 0.5) is 10.5 Å². The summed E-state index contributed by atoms with van der Waals surface area (Å²) in [5.41, 5.74) is 7.14. The van der Waals surface area contributed by atoms with E-state index in [0.29, 0.717) is 16.5 Å². The zero-order valence-corrected chi connectivity index (χ0v) is 15.7. The van der Waals surface area contributed by atoms with Crippen LogP contribution in [0.15, 0.2) is 42.5 Å². The molecule has 0 saturated carbocycles. The van der Waals surface area contributed by atoms with Crippen LogP contribution >= 0.6 is 11.6 Å². The molecular formula is C19H22ClN3O3. The highest BCUT2D eigenvalue weighted by molar-refractivity contribution is 6.30. The van der Waals surface area contributed by atoms with Gasteiger partial charge in [0.15, 0.2) is 6.61 Å². The number of amides is 3. The first-order valence-corrected chi connectivity index (χ1v) is 8.57. The van der Waals surface area contributed by atoms with Crippen molar-refractivity contribution in [2.75, 3.05) is 11.9 Å². The third-order valence-corrected chi connectivity index (χ3v) is 3.78. The number of carbonyl (C=O) groups excluding carboxylic acids is 2. The summed E-state index contributed by atoms with van der Waals surface area (Å²) >= 11 is 5.84. The second kappa shape index (κ2) is 9.10. The minimum absolute atomic E-state index is 0.208. The molecule has 138 valence electrons. The number of nitrogens with one attached hydrogen (secondary N) is 3. The number of hydrazine groups is 1. The van der Waals surface area contributed by atoms with Crippen molar-refractivity contribution in [1.29, 1.82) is 0 Å². The minimum Gasteiger partial charge on any atom is -0.483 e. The second-order valence-corrected chi connectivity index (χ2v) is 6.56. The molecule has 0 aliphatic heterocycles. The first-order chi connectivity index (χ1) is 12.3. The Hall–Kier alpha value is -2.73. The van der Waals surface area contributed by atoms with Crippen molar-refractivity contribution >= 4 is 29.2 Å². The number of urea groups is 1. The molecule has 2 aromatic carbocycles. The van der Waals surface area contributed by atoms with Crippen LogP contribution in [0.25, 0.3) is 0 Å². The van der Waals surface area contributed by atoms with E-state index in [9.17, 15) is 9.59 Å². The largest absolute Gasteiger partial charge is 0.483 e. The Morgan fingerprint density at radius 1 is 1.12 bits per heavy atom. The zero-order chi connectivity index (χ0) is 19.1. The lowest BCUT2D eigenvalue weighted by Crippen LogP contribution is -2.45. The van der Waals surface area contributed by atoms with Gasteiger partial charge in [-0.2, -0.15) is 0 Å². The highest BCUT2D eigenvalue weighted by Gasteiger charge is 2.11. The number of halogens is 1. The summed E-state index contributed by atoms with van der Waals surface area (Å²) in [6, 6.07) is 12.0. The zero-order valence-electron chi connectivity index (χ0n) is 14.9. The molecule has 0 aliphatic rings. The molecule has 2 aromatic rings. The molecule has 0 unspecified atom stereocenters. The molecule has 0 fully saturated rings. The van der Waals surface area contributed by atoms with Gasteiger partial charge in [-0.15, -0.1) is 0 Å². The van der Waals surface area contributed by atoms with Crippen LogP contribution in [0.3, 0.4) is 0 Å². The Morgan fingerprint density at radius 2 is 1.88 bits per heavy atom. The Bertz CT molecular complexity index is 793. The third kappa shape index (κ3) is 5.97. The van der Waals surface area contributed by atoms with Crippen LogP contribution in [0.1, 0.15) is 30.9 Å². The molecule has 7 heteroatoms. The summed E-state index contributed by atoms with van der Waals surface area (Å²) in [5.74, 6) is 0.469. The highest BCUT2D eigenvalue weighted by atomic mass is 35.5. The number of hydrogen-bond acceptors (Lipinski definition) is 3. The summed E-state index contributed by atoms with van der Waals surface area (Å²) < 4.78 is 5.61. The lowest BCUT2D eigenvalue weighted by atomic mass is 10.0. The molecule has 0 saturated heterocycles. The fourth-order valence-corrected chi connectivity index (χ4v) is 2.47. The van der Waals surface area contributed by atoms with Crippen molar-refractivity contribution in [1.82, 2.24) is 10.9 Å². The molecule has 0 atom stereocenters. The summed E-state index contributed by atoms with van der Waals surface area (Å²) in [7, 11) is 0. The van der Waals surface area contributed by atoms with Gasteiger partial charge in [0.2, 0.25) is 0 Å². The molecule has 3 amide bonds. The fraction of sp³-hybridized carbons (Fsp3) is 0.263. The lowest BCUT2D eigenvalue weighted by molar-refractivity contribution is -0.123. The first-order valence-electron chi connectivity index (χ1n) is 8.20. The number of ether oxygens (including phenoxy) is 1. The summed E-state index contributed by atoms with van der Waals surface area (Å²) in [5, 5.41) is 3.05. The number of hydrogen-bond donors (Lipinski definition) is 3. The highest BCUT2D eigenvalue weighted by Crippen LogP contribution is 2.27. The average molecular weight is 376 g/mol. The summed E-state index contributed by atoms with van der Waals surface area (Å²) in [6.07, 6.45) is 0. The van der Waals surface area contributed by atoms with E-state index in [1.54, 1.807) is 24.3 Å². The molecule has 0 radical (unpaired) electrons. The average Bonchev–Trinajstić information content (AvgIpc) is 2.58. The number of anilines is 1. The van der Waals surface area contributed by atoms with Gasteiger partial charge in [0.1, 0.15) is 5.75 Å². The summed E-state index contributed by atoms with van der Waals surface area (Å²) in [6.45, 7) is 5.86. The number of carbonyl (C=O) groups is 2. The number of benzene rings is 2. The van der Waals surface area contributed by atoms with Crippen LogP contribution in [-0.4, -0.2) is 18.5 Å². The van der Waals surface area contributed by atoms with Crippen molar-refractivity contribution in [3.05, 3.63) is 58.6 Å².